The van der Waals surface area contributed by atoms with Gasteiger partial charge in [0.05, 0.1) is 26.3 Å². The highest BCUT2D eigenvalue weighted by atomic mass is 16.5. The summed E-state index contributed by atoms with van der Waals surface area (Å²) in [5, 5.41) is 9.28. The molecule has 4 aromatic rings. The third-order valence-electron chi connectivity index (χ3n) is 7.45. The van der Waals surface area contributed by atoms with Crippen molar-refractivity contribution in [2.45, 2.75) is 43.4 Å². The second-order valence-electron chi connectivity index (χ2n) is 9.36. The van der Waals surface area contributed by atoms with Gasteiger partial charge in [0.2, 0.25) is 0 Å². The number of aromatic amines is 2. The zero-order valence-electron chi connectivity index (χ0n) is 19.7. The van der Waals surface area contributed by atoms with Gasteiger partial charge in [-0.15, -0.1) is 0 Å². The van der Waals surface area contributed by atoms with E-state index in [1.54, 1.807) is 0 Å². The Kier molecular flexibility index (Phi) is 5.35. The summed E-state index contributed by atoms with van der Waals surface area (Å²) in [5.74, 6) is -0.553. The van der Waals surface area contributed by atoms with Crippen molar-refractivity contribution in [2.24, 2.45) is 0 Å². The molecule has 0 fully saturated rings. The molecule has 0 spiro atoms. The highest BCUT2D eigenvalue weighted by Gasteiger charge is 2.39. The van der Waals surface area contributed by atoms with Crippen molar-refractivity contribution in [1.29, 1.82) is 0 Å². The summed E-state index contributed by atoms with van der Waals surface area (Å²) >= 11 is 0. The number of esters is 2. The van der Waals surface area contributed by atoms with E-state index in [0.29, 0.717) is 19.3 Å². The number of hydrogen-bond donors (Lipinski definition) is 4. The molecule has 180 valence electrons. The SMILES string of the molecule is COC(=O)[C@@H]1Cc2c([nH]c3ccccc23)[C@@H](C[C@H]2N[C@H](C(=O)OC)Cc3c2[nH]c2ccccc32)N1. The molecule has 0 bridgehead atoms. The van der Waals surface area contributed by atoms with Gasteiger partial charge in [0.15, 0.2) is 0 Å². The second-order valence-corrected chi connectivity index (χ2v) is 9.36. The van der Waals surface area contributed by atoms with Crippen LogP contribution in [0.4, 0.5) is 0 Å². The summed E-state index contributed by atoms with van der Waals surface area (Å²) in [6.07, 6.45) is 1.74. The first-order valence-corrected chi connectivity index (χ1v) is 11.9. The number of carbonyl (C=O) groups excluding carboxylic acids is 2. The van der Waals surface area contributed by atoms with Gasteiger partial charge in [-0.05, 0) is 29.7 Å². The number of H-pyrrole nitrogens is 2. The number of para-hydroxylation sites is 2. The van der Waals surface area contributed by atoms with Crippen LogP contribution in [0.3, 0.4) is 0 Å². The fourth-order valence-corrected chi connectivity index (χ4v) is 5.85. The predicted molar refractivity (Wildman–Crippen MR) is 132 cm³/mol. The van der Waals surface area contributed by atoms with Gasteiger partial charge in [-0.3, -0.25) is 20.2 Å². The molecule has 8 heteroatoms. The number of benzene rings is 2. The number of carbonyl (C=O) groups is 2. The Hall–Kier alpha value is -3.62. The number of aromatic nitrogens is 2. The van der Waals surface area contributed by atoms with Crippen LogP contribution in [0.1, 0.15) is 41.0 Å². The molecule has 2 aliphatic rings. The van der Waals surface area contributed by atoms with Gasteiger partial charge in [0, 0.05) is 46.0 Å². The van der Waals surface area contributed by atoms with E-state index < -0.39 is 12.1 Å². The van der Waals surface area contributed by atoms with Crippen LogP contribution < -0.4 is 10.6 Å². The van der Waals surface area contributed by atoms with Gasteiger partial charge in [0.1, 0.15) is 12.1 Å². The van der Waals surface area contributed by atoms with Crippen molar-refractivity contribution in [1.82, 2.24) is 20.6 Å². The molecule has 35 heavy (non-hydrogen) atoms. The summed E-state index contributed by atoms with van der Waals surface area (Å²) in [7, 11) is 2.84. The van der Waals surface area contributed by atoms with E-state index in [1.807, 2.05) is 24.3 Å². The smallest absolute Gasteiger partial charge is 0.323 e. The maximum absolute atomic E-state index is 12.6. The summed E-state index contributed by atoms with van der Waals surface area (Å²) in [4.78, 5) is 32.4. The minimum Gasteiger partial charge on any atom is -0.468 e. The Morgan fingerprint density at radius 3 is 1.60 bits per heavy atom. The standard InChI is InChI=1S/C27H28N4O4/c1-34-26(32)22-11-16-14-7-3-5-9-18(14)30-24(16)20(28-22)13-21-25-17(12-23(29-21)27(33)35-2)15-8-4-6-10-19(15)31-25/h3-10,20-23,28-31H,11-13H2,1-2H3/t20-,21-,22+,23+/m1/s1. The molecule has 0 saturated heterocycles. The van der Waals surface area contributed by atoms with Crippen molar-refractivity contribution < 1.29 is 19.1 Å². The minimum atomic E-state index is -0.445. The van der Waals surface area contributed by atoms with Crippen LogP contribution in [0.2, 0.25) is 0 Å². The zero-order chi connectivity index (χ0) is 24.1. The number of hydrogen-bond acceptors (Lipinski definition) is 6. The normalized spacial score (nSPS) is 23.6. The molecular formula is C27H28N4O4. The molecule has 2 aromatic heterocycles. The molecule has 4 heterocycles. The number of rotatable bonds is 4. The second kappa shape index (κ2) is 8.55. The van der Waals surface area contributed by atoms with Crippen LogP contribution in [0, 0.1) is 0 Å². The van der Waals surface area contributed by atoms with Crippen LogP contribution in [0.5, 0.6) is 0 Å². The summed E-state index contributed by atoms with van der Waals surface area (Å²) in [5.41, 5.74) is 6.52. The largest absolute Gasteiger partial charge is 0.468 e. The molecule has 8 nitrogen and oxygen atoms in total. The van der Waals surface area contributed by atoms with Gasteiger partial charge in [-0.25, -0.2) is 0 Å². The summed E-state index contributed by atoms with van der Waals surface area (Å²) in [6, 6.07) is 15.1. The lowest BCUT2D eigenvalue weighted by molar-refractivity contribution is -0.144. The average Bonchev–Trinajstić information content (AvgIpc) is 3.46. The number of ether oxygens (including phenoxy) is 2. The van der Waals surface area contributed by atoms with Gasteiger partial charge < -0.3 is 19.4 Å². The van der Waals surface area contributed by atoms with Crippen LogP contribution >= 0.6 is 0 Å². The minimum absolute atomic E-state index is 0.150. The molecule has 0 amide bonds. The molecule has 2 aromatic carbocycles. The molecule has 2 aliphatic heterocycles. The van der Waals surface area contributed by atoms with E-state index >= 15 is 0 Å². The molecular weight excluding hydrogens is 444 g/mol. The monoisotopic (exact) mass is 472 g/mol. The van der Waals surface area contributed by atoms with Crippen LogP contribution in [-0.2, 0) is 31.9 Å². The molecule has 0 aliphatic carbocycles. The maximum atomic E-state index is 12.6. The Labute approximate surface area is 202 Å². The van der Waals surface area contributed by atoms with E-state index in [9.17, 15) is 9.59 Å². The summed E-state index contributed by atoms with van der Waals surface area (Å²) in [6.45, 7) is 0. The van der Waals surface area contributed by atoms with E-state index in [0.717, 1.165) is 44.3 Å². The van der Waals surface area contributed by atoms with E-state index in [2.05, 4.69) is 44.9 Å². The van der Waals surface area contributed by atoms with Crippen LogP contribution in [0.15, 0.2) is 48.5 Å². The average molecular weight is 473 g/mol. The van der Waals surface area contributed by atoms with E-state index in [1.165, 1.54) is 14.2 Å². The van der Waals surface area contributed by atoms with Crippen LogP contribution in [-0.4, -0.2) is 48.2 Å². The Morgan fingerprint density at radius 2 is 1.17 bits per heavy atom. The quantitative estimate of drug-likeness (QED) is 0.340. The van der Waals surface area contributed by atoms with E-state index in [-0.39, 0.29) is 24.0 Å². The Morgan fingerprint density at radius 1 is 0.743 bits per heavy atom. The van der Waals surface area contributed by atoms with Gasteiger partial charge in [-0.1, -0.05) is 36.4 Å². The van der Waals surface area contributed by atoms with Crippen molar-refractivity contribution in [3.8, 4) is 0 Å². The molecule has 0 radical (unpaired) electrons. The van der Waals surface area contributed by atoms with Gasteiger partial charge in [-0.2, -0.15) is 0 Å². The lowest BCUT2D eigenvalue weighted by Gasteiger charge is -2.35. The molecule has 6 rings (SSSR count). The predicted octanol–water partition coefficient (Wildman–Crippen LogP) is 3.20. The molecule has 4 N–H and O–H groups in total. The fraction of sp³-hybridized carbons (Fsp3) is 0.333. The van der Waals surface area contributed by atoms with Gasteiger partial charge in [0.25, 0.3) is 0 Å². The highest BCUT2D eigenvalue weighted by Crippen LogP contribution is 2.40. The van der Waals surface area contributed by atoms with Crippen molar-refractivity contribution in [3.63, 3.8) is 0 Å². The first kappa shape index (κ1) is 21.9. The fourth-order valence-electron chi connectivity index (χ4n) is 5.85. The molecule has 0 unspecified atom stereocenters. The highest BCUT2D eigenvalue weighted by molar-refractivity contribution is 5.88. The third-order valence-corrected chi connectivity index (χ3v) is 7.45. The lowest BCUT2D eigenvalue weighted by atomic mass is 9.86. The topological polar surface area (TPSA) is 108 Å². The van der Waals surface area contributed by atoms with Crippen LogP contribution in [0.25, 0.3) is 21.8 Å². The Balaban J connectivity index is 1.42. The number of methoxy groups -OCH3 is 2. The Bertz CT molecular complexity index is 1330. The first-order valence-electron chi connectivity index (χ1n) is 11.9. The van der Waals surface area contributed by atoms with E-state index in [4.69, 9.17) is 9.47 Å². The van der Waals surface area contributed by atoms with Gasteiger partial charge >= 0.3 is 11.9 Å². The lowest BCUT2D eigenvalue weighted by Crippen LogP contribution is -2.49. The zero-order valence-corrected chi connectivity index (χ0v) is 19.7. The maximum Gasteiger partial charge on any atom is 0.323 e. The van der Waals surface area contributed by atoms with Crippen molar-refractivity contribution >= 4 is 33.7 Å². The van der Waals surface area contributed by atoms with Crippen molar-refractivity contribution in [2.75, 3.05) is 14.2 Å². The molecule has 4 atom stereocenters. The third kappa shape index (κ3) is 3.61. The first-order chi connectivity index (χ1) is 17.1. The molecule has 0 saturated carbocycles. The number of nitrogens with one attached hydrogen (secondary N) is 4. The summed E-state index contributed by atoms with van der Waals surface area (Å²) < 4.78 is 10.2. The van der Waals surface area contributed by atoms with Crippen molar-refractivity contribution in [3.05, 3.63) is 71.0 Å². The number of fused-ring (bicyclic) bond motifs is 6.